The number of thiazole rings is 1. The van der Waals surface area contributed by atoms with Gasteiger partial charge in [-0.05, 0) is 50.7 Å². The first-order chi connectivity index (χ1) is 13.3. The quantitative estimate of drug-likeness (QED) is 0.312. The van der Waals surface area contributed by atoms with E-state index < -0.39 is 0 Å². The second-order valence-corrected chi connectivity index (χ2v) is 7.85. The molecule has 0 saturated heterocycles. The van der Waals surface area contributed by atoms with Gasteiger partial charge in [-0.1, -0.05) is 6.92 Å². The molecule has 8 heteroatoms. The summed E-state index contributed by atoms with van der Waals surface area (Å²) in [7, 11) is 0. The van der Waals surface area contributed by atoms with Crippen LogP contribution >= 0.6 is 35.3 Å². The number of nitrogens with one attached hydrogen (secondary N) is 2. The minimum Gasteiger partial charge on any atom is -0.474 e. The predicted octanol–water partition coefficient (Wildman–Crippen LogP) is 4.30. The van der Waals surface area contributed by atoms with Gasteiger partial charge in [-0.25, -0.2) is 15.0 Å². The molecule has 1 saturated carbocycles. The van der Waals surface area contributed by atoms with Gasteiger partial charge in [0.1, 0.15) is 11.1 Å². The van der Waals surface area contributed by atoms with Crippen molar-refractivity contribution >= 4 is 41.3 Å². The molecule has 3 rings (SSSR count). The van der Waals surface area contributed by atoms with Crippen LogP contribution in [0.15, 0.2) is 29.5 Å². The van der Waals surface area contributed by atoms with Crippen LogP contribution in [0.25, 0.3) is 0 Å². The third kappa shape index (κ3) is 7.20. The van der Waals surface area contributed by atoms with E-state index in [9.17, 15) is 0 Å². The summed E-state index contributed by atoms with van der Waals surface area (Å²) in [6.45, 7) is 6.29. The Morgan fingerprint density at radius 2 is 2.07 bits per heavy atom. The summed E-state index contributed by atoms with van der Waals surface area (Å²) in [5.41, 5.74) is 1.10. The molecule has 1 aliphatic rings. The molecule has 2 aromatic rings. The maximum absolute atomic E-state index is 5.99. The zero-order valence-electron chi connectivity index (χ0n) is 16.6. The van der Waals surface area contributed by atoms with E-state index in [-0.39, 0.29) is 24.0 Å². The van der Waals surface area contributed by atoms with Crippen molar-refractivity contribution in [1.29, 1.82) is 0 Å². The number of ether oxygens (including phenoxy) is 1. The third-order valence-corrected chi connectivity index (χ3v) is 5.65. The van der Waals surface area contributed by atoms with Crippen molar-refractivity contribution in [3.8, 4) is 5.88 Å². The predicted molar refractivity (Wildman–Crippen MR) is 126 cm³/mol. The van der Waals surface area contributed by atoms with Crippen LogP contribution in [0, 0.1) is 0 Å². The maximum atomic E-state index is 5.99. The lowest BCUT2D eigenvalue weighted by Gasteiger charge is -2.13. The molecule has 6 nitrogen and oxygen atoms in total. The number of halogens is 1. The van der Waals surface area contributed by atoms with Gasteiger partial charge in [-0.3, -0.25) is 0 Å². The molecular weight excluding hydrogens is 485 g/mol. The van der Waals surface area contributed by atoms with E-state index in [4.69, 9.17) is 4.74 Å². The number of aliphatic imine (C=N–C) groups is 1. The Morgan fingerprint density at radius 3 is 2.79 bits per heavy atom. The normalized spacial score (nSPS) is 14.6. The van der Waals surface area contributed by atoms with Gasteiger partial charge in [0.2, 0.25) is 5.88 Å². The highest BCUT2D eigenvalue weighted by Gasteiger charge is 2.17. The summed E-state index contributed by atoms with van der Waals surface area (Å²) >= 11 is 1.74. The first kappa shape index (κ1) is 22.9. The topological polar surface area (TPSA) is 71.4 Å². The van der Waals surface area contributed by atoms with Crippen LogP contribution in [0.4, 0.5) is 0 Å². The number of nitrogens with zero attached hydrogens (tertiary/aromatic N) is 3. The Hall–Kier alpha value is -1.42. The van der Waals surface area contributed by atoms with Gasteiger partial charge in [0.15, 0.2) is 5.96 Å². The van der Waals surface area contributed by atoms with Crippen LogP contribution < -0.4 is 15.4 Å². The van der Waals surface area contributed by atoms with E-state index in [0.717, 1.165) is 42.3 Å². The van der Waals surface area contributed by atoms with Crippen molar-refractivity contribution < 1.29 is 4.74 Å². The first-order valence-corrected chi connectivity index (χ1v) is 10.7. The number of aryl methyl sites for hydroxylation is 1. The van der Waals surface area contributed by atoms with Crippen LogP contribution in [-0.4, -0.2) is 28.6 Å². The smallest absolute Gasteiger partial charge is 0.213 e. The highest BCUT2D eigenvalue weighted by atomic mass is 127. The average Bonchev–Trinajstić information content (AvgIpc) is 3.36. The SMILES string of the molecule is CCNC(=NCc1ccnc(OC2CCCC2)c1)NCc1ncc(CC)s1.I. The van der Waals surface area contributed by atoms with E-state index >= 15 is 0 Å². The fourth-order valence-corrected chi connectivity index (χ4v) is 3.86. The molecule has 28 heavy (non-hydrogen) atoms. The van der Waals surface area contributed by atoms with E-state index in [1.54, 1.807) is 17.5 Å². The highest BCUT2D eigenvalue weighted by molar-refractivity contribution is 14.0. The summed E-state index contributed by atoms with van der Waals surface area (Å²) in [5.74, 6) is 1.50. The van der Waals surface area contributed by atoms with E-state index in [0.29, 0.717) is 25.1 Å². The summed E-state index contributed by atoms with van der Waals surface area (Å²) in [6, 6.07) is 3.99. The third-order valence-electron chi connectivity index (χ3n) is 4.51. The minimum absolute atomic E-state index is 0. The van der Waals surface area contributed by atoms with Crippen LogP contribution in [0.1, 0.15) is 55.0 Å². The van der Waals surface area contributed by atoms with E-state index in [2.05, 4.69) is 39.4 Å². The van der Waals surface area contributed by atoms with Crippen molar-refractivity contribution in [2.45, 2.75) is 65.1 Å². The molecule has 1 fully saturated rings. The number of rotatable bonds is 8. The van der Waals surface area contributed by atoms with Gasteiger partial charge in [-0.15, -0.1) is 35.3 Å². The van der Waals surface area contributed by atoms with Gasteiger partial charge in [0.05, 0.1) is 13.1 Å². The second-order valence-electron chi connectivity index (χ2n) is 6.65. The molecule has 0 unspecified atom stereocenters. The summed E-state index contributed by atoms with van der Waals surface area (Å²) < 4.78 is 5.99. The lowest BCUT2D eigenvalue weighted by molar-refractivity contribution is 0.201. The Bertz CT molecular complexity index is 746. The van der Waals surface area contributed by atoms with Crippen LogP contribution in [0.3, 0.4) is 0 Å². The summed E-state index contributed by atoms with van der Waals surface area (Å²) in [6.07, 6.45) is 9.88. The number of pyridine rings is 1. The fraction of sp³-hybridized carbons (Fsp3) is 0.550. The average molecular weight is 515 g/mol. The van der Waals surface area contributed by atoms with Crippen molar-refractivity contribution in [3.05, 3.63) is 40.0 Å². The zero-order chi connectivity index (χ0) is 18.9. The molecule has 1 aliphatic carbocycles. The molecule has 0 bridgehead atoms. The molecule has 2 aromatic heterocycles. The monoisotopic (exact) mass is 515 g/mol. The Morgan fingerprint density at radius 1 is 1.25 bits per heavy atom. The van der Waals surface area contributed by atoms with Gasteiger partial charge >= 0.3 is 0 Å². The minimum atomic E-state index is 0. The van der Waals surface area contributed by atoms with E-state index in [1.807, 2.05) is 18.3 Å². The highest BCUT2D eigenvalue weighted by Crippen LogP contribution is 2.23. The second kappa shape index (κ2) is 12.2. The fourth-order valence-electron chi connectivity index (χ4n) is 3.05. The van der Waals surface area contributed by atoms with Crippen molar-refractivity contribution in [2.75, 3.05) is 6.54 Å². The Labute approximate surface area is 188 Å². The molecular formula is C20H30IN5OS. The molecule has 0 aliphatic heterocycles. The van der Waals surface area contributed by atoms with Crippen molar-refractivity contribution in [2.24, 2.45) is 4.99 Å². The lowest BCUT2D eigenvalue weighted by atomic mass is 10.2. The molecule has 0 radical (unpaired) electrons. The van der Waals surface area contributed by atoms with Gasteiger partial charge in [0, 0.05) is 29.9 Å². The van der Waals surface area contributed by atoms with Crippen molar-refractivity contribution in [1.82, 2.24) is 20.6 Å². The molecule has 0 atom stereocenters. The molecule has 0 aromatic carbocycles. The molecule has 2 heterocycles. The number of guanidine groups is 1. The molecule has 0 spiro atoms. The molecule has 0 amide bonds. The van der Waals surface area contributed by atoms with Gasteiger partial charge in [0.25, 0.3) is 0 Å². The van der Waals surface area contributed by atoms with Gasteiger partial charge in [-0.2, -0.15) is 0 Å². The lowest BCUT2D eigenvalue weighted by Crippen LogP contribution is -2.36. The van der Waals surface area contributed by atoms with Crippen LogP contribution in [-0.2, 0) is 19.5 Å². The number of aromatic nitrogens is 2. The Balaban J connectivity index is 0.00000280. The van der Waals surface area contributed by atoms with Crippen LogP contribution in [0.2, 0.25) is 0 Å². The Kier molecular flexibility index (Phi) is 9.97. The molecule has 154 valence electrons. The summed E-state index contributed by atoms with van der Waals surface area (Å²) in [4.78, 5) is 14.8. The van der Waals surface area contributed by atoms with Gasteiger partial charge < -0.3 is 15.4 Å². The molecule has 2 N–H and O–H groups in total. The largest absolute Gasteiger partial charge is 0.474 e. The number of hydrogen-bond acceptors (Lipinski definition) is 5. The first-order valence-electron chi connectivity index (χ1n) is 9.84. The maximum Gasteiger partial charge on any atom is 0.213 e. The van der Waals surface area contributed by atoms with Crippen molar-refractivity contribution in [3.63, 3.8) is 0 Å². The zero-order valence-corrected chi connectivity index (χ0v) is 19.8. The number of hydrogen-bond donors (Lipinski definition) is 2. The van der Waals surface area contributed by atoms with E-state index in [1.165, 1.54) is 17.7 Å². The summed E-state index contributed by atoms with van der Waals surface area (Å²) in [5, 5.41) is 7.72. The standard InChI is InChI=1S/C20H29N5OS.HI/c1-3-17-13-23-19(27-17)14-25-20(21-4-2)24-12-15-9-10-22-18(11-15)26-16-7-5-6-8-16;/h9-11,13,16H,3-8,12,14H2,1-2H3,(H2,21,24,25);1H. The van der Waals surface area contributed by atoms with Crippen LogP contribution in [0.5, 0.6) is 5.88 Å².